The monoisotopic (exact) mass is 317 g/mol. The molecular formula is C12H16BrNO4. The summed E-state index contributed by atoms with van der Waals surface area (Å²) in [5.74, 6) is 0.0345. The average Bonchev–Trinajstić information content (AvgIpc) is 2.37. The van der Waals surface area contributed by atoms with Gasteiger partial charge in [-0.05, 0) is 12.1 Å². The van der Waals surface area contributed by atoms with Gasteiger partial charge in [0.05, 0.1) is 25.3 Å². The minimum Gasteiger partial charge on any atom is -0.507 e. The highest BCUT2D eigenvalue weighted by Crippen LogP contribution is 2.23. The number of aromatic hydroxyl groups is 1. The van der Waals surface area contributed by atoms with E-state index in [4.69, 9.17) is 9.47 Å². The summed E-state index contributed by atoms with van der Waals surface area (Å²) in [6.07, 6.45) is 0. The molecule has 1 aromatic rings. The lowest BCUT2D eigenvalue weighted by molar-refractivity contribution is 0.0905. The molecule has 1 atom stereocenters. The molecule has 1 aromatic carbocycles. The van der Waals surface area contributed by atoms with Gasteiger partial charge in [-0.2, -0.15) is 0 Å². The summed E-state index contributed by atoms with van der Waals surface area (Å²) >= 11 is 3.28. The topological polar surface area (TPSA) is 67.8 Å². The minimum absolute atomic E-state index is 0.113. The van der Waals surface area contributed by atoms with E-state index in [0.29, 0.717) is 17.7 Å². The minimum atomic E-state index is -0.350. The summed E-state index contributed by atoms with van der Waals surface area (Å²) in [5.41, 5.74) is 0.206. The SMILES string of the molecule is COCC(CBr)NC(=O)c1ccc(OC)cc1O. The molecule has 0 aliphatic heterocycles. The molecule has 0 heterocycles. The number of carbonyl (C=O) groups is 1. The summed E-state index contributed by atoms with van der Waals surface area (Å²) < 4.78 is 9.92. The van der Waals surface area contributed by atoms with Gasteiger partial charge in [0.1, 0.15) is 11.5 Å². The van der Waals surface area contributed by atoms with Gasteiger partial charge in [0.15, 0.2) is 0 Å². The fourth-order valence-corrected chi connectivity index (χ4v) is 1.77. The van der Waals surface area contributed by atoms with Crippen LogP contribution in [0.1, 0.15) is 10.4 Å². The number of carbonyl (C=O) groups excluding carboxylic acids is 1. The predicted molar refractivity (Wildman–Crippen MR) is 71.6 cm³/mol. The van der Waals surface area contributed by atoms with E-state index in [1.807, 2.05) is 0 Å². The molecule has 0 radical (unpaired) electrons. The third-order valence-corrected chi connectivity index (χ3v) is 3.12. The van der Waals surface area contributed by atoms with Crippen molar-refractivity contribution >= 4 is 21.8 Å². The van der Waals surface area contributed by atoms with Crippen LogP contribution >= 0.6 is 15.9 Å². The Kier molecular flexibility index (Phi) is 5.94. The van der Waals surface area contributed by atoms with E-state index >= 15 is 0 Å². The van der Waals surface area contributed by atoms with E-state index in [2.05, 4.69) is 21.2 Å². The van der Waals surface area contributed by atoms with E-state index < -0.39 is 0 Å². The highest BCUT2D eigenvalue weighted by molar-refractivity contribution is 9.09. The molecule has 6 heteroatoms. The Morgan fingerprint density at radius 3 is 2.72 bits per heavy atom. The maximum atomic E-state index is 11.9. The van der Waals surface area contributed by atoms with Crippen LogP contribution in [0, 0.1) is 0 Å². The normalized spacial score (nSPS) is 11.9. The fraction of sp³-hybridized carbons (Fsp3) is 0.417. The number of benzene rings is 1. The number of ether oxygens (including phenoxy) is 2. The van der Waals surface area contributed by atoms with Gasteiger partial charge >= 0.3 is 0 Å². The van der Waals surface area contributed by atoms with Crippen LogP contribution in [0.15, 0.2) is 18.2 Å². The van der Waals surface area contributed by atoms with Crippen molar-refractivity contribution in [1.29, 1.82) is 0 Å². The van der Waals surface area contributed by atoms with E-state index in [1.165, 1.54) is 19.2 Å². The maximum absolute atomic E-state index is 11.9. The third kappa shape index (κ3) is 3.89. The number of rotatable bonds is 6. The van der Waals surface area contributed by atoms with Crippen LogP contribution in [-0.2, 0) is 4.74 Å². The summed E-state index contributed by atoms with van der Waals surface area (Å²) in [7, 11) is 3.06. The van der Waals surface area contributed by atoms with Gasteiger partial charge in [0.2, 0.25) is 0 Å². The second-order valence-corrected chi connectivity index (χ2v) is 4.31. The number of methoxy groups -OCH3 is 2. The van der Waals surface area contributed by atoms with Gasteiger partial charge in [-0.25, -0.2) is 0 Å². The Balaban J connectivity index is 2.77. The molecule has 0 aliphatic rings. The van der Waals surface area contributed by atoms with E-state index in [9.17, 15) is 9.90 Å². The van der Waals surface area contributed by atoms with Crippen molar-refractivity contribution in [2.75, 3.05) is 26.2 Å². The molecule has 0 fully saturated rings. The molecule has 1 unspecified atom stereocenters. The van der Waals surface area contributed by atoms with E-state index in [0.717, 1.165) is 0 Å². The average molecular weight is 318 g/mol. The van der Waals surface area contributed by atoms with Crippen molar-refractivity contribution in [2.45, 2.75) is 6.04 Å². The summed E-state index contributed by atoms with van der Waals surface area (Å²) in [6.45, 7) is 0.397. The second kappa shape index (κ2) is 7.23. The summed E-state index contributed by atoms with van der Waals surface area (Å²) in [6, 6.07) is 4.38. The van der Waals surface area contributed by atoms with Crippen LogP contribution < -0.4 is 10.1 Å². The van der Waals surface area contributed by atoms with Gasteiger partial charge in [0, 0.05) is 18.5 Å². The molecule has 1 rings (SSSR count). The van der Waals surface area contributed by atoms with Crippen molar-refractivity contribution in [3.8, 4) is 11.5 Å². The molecule has 1 amide bonds. The number of amides is 1. The molecule has 5 nitrogen and oxygen atoms in total. The van der Waals surface area contributed by atoms with Crippen molar-refractivity contribution in [3.63, 3.8) is 0 Å². The quantitative estimate of drug-likeness (QED) is 0.781. The molecule has 2 N–H and O–H groups in total. The van der Waals surface area contributed by atoms with Crippen LogP contribution in [0.5, 0.6) is 11.5 Å². The zero-order valence-corrected chi connectivity index (χ0v) is 11.9. The summed E-state index contributed by atoms with van der Waals surface area (Å²) in [5, 5.41) is 13.0. The van der Waals surface area contributed by atoms with Crippen LogP contribution in [0.2, 0.25) is 0 Å². The number of nitrogens with one attached hydrogen (secondary N) is 1. The standard InChI is InChI=1S/C12H16BrNO4/c1-17-7-8(6-13)14-12(16)10-4-3-9(18-2)5-11(10)15/h3-5,8,15H,6-7H2,1-2H3,(H,14,16). The molecule has 0 spiro atoms. The number of phenols is 1. The van der Waals surface area contributed by atoms with Crippen LogP contribution in [0.4, 0.5) is 0 Å². The number of phenolic OH excluding ortho intramolecular Hbond substituents is 1. The Hall–Kier alpha value is -1.27. The molecule has 0 aliphatic carbocycles. The van der Waals surface area contributed by atoms with Gasteiger partial charge in [-0.1, -0.05) is 15.9 Å². The second-order valence-electron chi connectivity index (χ2n) is 3.66. The Bertz CT molecular complexity index is 411. The highest BCUT2D eigenvalue weighted by Gasteiger charge is 2.16. The molecule has 0 aromatic heterocycles. The maximum Gasteiger partial charge on any atom is 0.255 e. The number of hydrogen-bond acceptors (Lipinski definition) is 4. The summed E-state index contributed by atoms with van der Waals surface area (Å²) in [4.78, 5) is 11.9. The van der Waals surface area contributed by atoms with Crippen molar-refractivity contribution in [3.05, 3.63) is 23.8 Å². The predicted octanol–water partition coefficient (Wildman–Crippen LogP) is 1.54. The fourth-order valence-electron chi connectivity index (χ4n) is 1.42. The van der Waals surface area contributed by atoms with Gasteiger partial charge in [0.25, 0.3) is 5.91 Å². The van der Waals surface area contributed by atoms with Crippen molar-refractivity contribution in [2.24, 2.45) is 0 Å². The molecule has 0 bridgehead atoms. The molecule has 18 heavy (non-hydrogen) atoms. The van der Waals surface area contributed by atoms with E-state index in [-0.39, 0.29) is 23.3 Å². The molecule has 100 valence electrons. The lowest BCUT2D eigenvalue weighted by Gasteiger charge is -2.15. The zero-order valence-electron chi connectivity index (χ0n) is 10.3. The van der Waals surface area contributed by atoms with Crippen LogP contribution in [0.25, 0.3) is 0 Å². The van der Waals surface area contributed by atoms with Crippen LogP contribution in [-0.4, -0.2) is 43.2 Å². The van der Waals surface area contributed by atoms with Gasteiger partial charge in [-0.3, -0.25) is 4.79 Å². The lowest BCUT2D eigenvalue weighted by atomic mass is 10.1. The number of alkyl halides is 1. The van der Waals surface area contributed by atoms with Gasteiger partial charge < -0.3 is 19.9 Å². The third-order valence-electron chi connectivity index (χ3n) is 2.34. The first-order valence-electron chi connectivity index (χ1n) is 5.35. The zero-order chi connectivity index (χ0) is 13.5. The first-order valence-corrected chi connectivity index (χ1v) is 6.47. The molecule has 0 saturated heterocycles. The lowest BCUT2D eigenvalue weighted by Crippen LogP contribution is -2.39. The number of hydrogen-bond donors (Lipinski definition) is 2. The Morgan fingerprint density at radius 2 is 2.22 bits per heavy atom. The first-order chi connectivity index (χ1) is 8.62. The number of halogens is 1. The highest BCUT2D eigenvalue weighted by atomic mass is 79.9. The first kappa shape index (κ1) is 14.8. The van der Waals surface area contributed by atoms with E-state index in [1.54, 1.807) is 13.2 Å². The van der Waals surface area contributed by atoms with Gasteiger partial charge in [-0.15, -0.1) is 0 Å². The molecular weight excluding hydrogens is 302 g/mol. The van der Waals surface area contributed by atoms with Crippen LogP contribution in [0.3, 0.4) is 0 Å². The smallest absolute Gasteiger partial charge is 0.255 e. The Morgan fingerprint density at radius 1 is 1.50 bits per heavy atom. The molecule has 0 saturated carbocycles. The Labute approximate surface area is 114 Å². The van der Waals surface area contributed by atoms with Crippen molar-refractivity contribution < 1.29 is 19.4 Å². The largest absolute Gasteiger partial charge is 0.507 e. The van der Waals surface area contributed by atoms with Crippen molar-refractivity contribution in [1.82, 2.24) is 5.32 Å².